The Morgan fingerprint density at radius 2 is 1.96 bits per heavy atom. The fourth-order valence-corrected chi connectivity index (χ4v) is 3.59. The van der Waals surface area contributed by atoms with E-state index in [4.69, 9.17) is 16.7 Å². The zero-order chi connectivity index (χ0) is 17.2. The Morgan fingerprint density at radius 3 is 2.43 bits per heavy atom. The second-order valence-corrected chi connectivity index (χ2v) is 7.20. The van der Waals surface area contributed by atoms with Gasteiger partial charge in [-0.15, -0.1) is 0 Å². The van der Waals surface area contributed by atoms with Crippen LogP contribution in [0.15, 0.2) is 41.4 Å². The molecule has 0 fully saturated rings. The molecule has 2 rings (SSSR count). The zero-order valence-corrected chi connectivity index (χ0v) is 14.2. The number of hydrogen-bond donors (Lipinski definition) is 2. The highest BCUT2D eigenvalue weighted by Crippen LogP contribution is 2.20. The standard InChI is InChI=1S/C15H17ClN2O4S/c1-3-18-9-13(8-14(18)15(19)20)23(21,22)17-10(2)11-4-6-12(16)7-5-11/h4-10,17H,3H2,1-2H3,(H,19,20). The van der Waals surface area contributed by atoms with Crippen molar-refractivity contribution >= 4 is 27.6 Å². The lowest BCUT2D eigenvalue weighted by Gasteiger charge is -2.14. The van der Waals surface area contributed by atoms with Crippen LogP contribution >= 0.6 is 11.6 Å². The van der Waals surface area contributed by atoms with E-state index in [0.29, 0.717) is 11.6 Å². The minimum atomic E-state index is -3.83. The maximum atomic E-state index is 12.4. The molecule has 0 saturated heterocycles. The van der Waals surface area contributed by atoms with Gasteiger partial charge in [0.15, 0.2) is 0 Å². The van der Waals surface area contributed by atoms with E-state index >= 15 is 0 Å². The number of aromatic carboxylic acids is 1. The van der Waals surface area contributed by atoms with Crippen LogP contribution in [0.25, 0.3) is 0 Å². The summed E-state index contributed by atoms with van der Waals surface area (Å²) in [5.41, 5.74) is 0.693. The summed E-state index contributed by atoms with van der Waals surface area (Å²) in [5.74, 6) is -1.17. The molecule has 124 valence electrons. The first kappa shape index (κ1) is 17.5. The summed E-state index contributed by atoms with van der Waals surface area (Å²) in [5, 5.41) is 9.68. The molecule has 8 heteroatoms. The summed E-state index contributed by atoms with van der Waals surface area (Å²) in [7, 11) is -3.83. The van der Waals surface area contributed by atoms with Crippen LogP contribution in [0.3, 0.4) is 0 Å². The molecule has 0 aliphatic rings. The molecule has 0 aliphatic heterocycles. The SMILES string of the molecule is CCn1cc(S(=O)(=O)NC(C)c2ccc(Cl)cc2)cc1C(=O)O. The van der Waals surface area contributed by atoms with Gasteiger partial charge in [-0.25, -0.2) is 17.9 Å². The normalized spacial score (nSPS) is 13.0. The predicted molar refractivity (Wildman–Crippen MR) is 87.3 cm³/mol. The molecule has 0 saturated carbocycles. The molecule has 6 nitrogen and oxygen atoms in total. The molecule has 1 aromatic carbocycles. The highest BCUT2D eigenvalue weighted by atomic mass is 35.5. The van der Waals surface area contributed by atoms with Gasteiger partial charge in [0.25, 0.3) is 0 Å². The predicted octanol–water partition coefficient (Wildman–Crippen LogP) is 2.90. The summed E-state index contributed by atoms with van der Waals surface area (Å²) in [6.07, 6.45) is 1.32. The maximum Gasteiger partial charge on any atom is 0.352 e. The Labute approximate surface area is 139 Å². The number of nitrogens with one attached hydrogen (secondary N) is 1. The Morgan fingerprint density at radius 1 is 1.35 bits per heavy atom. The van der Waals surface area contributed by atoms with Crippen LogP contribution < -0.4 is 4.72 Å². The van der Waals surface area contributed by atoms with E-state index in [9.17, 15) is 13.2 Å². The van der Waals surface area contributed by atoms with E-state index < -0.39 is 22.0 Å². The van der Waals surface area contributed by atoms with Gasteiger partial charge in [-0.2, -0.15) is 0 Å². The van der Waals surface area contributed by atoms with E-state index in [0.717, 1.165) is 11.6 Å². The molecule has 1 atom stereocenters. The first-order valence-corrected chi connectivity index (χ1v) is 8.82. The van der Waals surface area contributed by atoms with Gasteiger partial charge in [0, 0.05) is 23.8 Å². The van der Waals surface area contributed by atoms with Crippen molar-refractivity contribution in [2.45, 2.75) is 31.3 Å². The molecule has 23 heavy (non-hydrogen) atoms. The molecular formula is C15H17ClN2O4S. The van der Waals surface area contributed by atoms with E-state index in [1.165, 1.54) is 10.8 Å². The quantitative estimate of drug-likeness (QED) is 0.832. The van der Waals surface area contributed by atoms with Crippen LogP contribution in [-0.2, 0) is 16.6 Å². The first-order chi connectivity index (χ1) is 10.7. The molecule has 1 unspecified atom stereocenters. The lowest BCUT2D eigenvalue weighted by atomic mass is 10.1. The number of halogens is 1. The molecular weight excluding hydrogens is 340 g/mol. The number of carboxylic acid groups (broad SMARTS) is 1. The molecule has 0 radical (unpaired) electrons. The third-order valence-electron chi connectivity index (χ3n) is 3.44. The van der Waals surface area contributed by atoms with Gasteiger partial charge in [-0.3, -0.25) is 0 Å². The fourth-order valence-electron chi connectivity index (χ4n) is 2.19. The molecule has 0 bridgehead atoms. The van der Waals surface area contributed by atoms with Gasteiger partial charge in [0.05, 0.1) is 0 Å². The number of aromatic nitrogens is 1. The summed E-state index contributed by atoms with van der Waals surface area (Å²) in [4.78, 5) is 11.1. The molecule has 2 aromatic rings. The average molecular weight is 357 g/mol. The van der Waals surface area contributed by atoms with Gasteiger partial charge in [-0.1, -0.05) is 23.7 Å². The Balaban J connectivity index is 2.28. The van der Waals surface area contributed by atoms with Crippen LogP contribution in [-0.4, -0.2) is 24.1 Å². The van der Waals surface area contributed by atoms with Gasteiger partial charge in [0.2, 0.25) is 10.0 Å². The van der Waals surface area contributed by atoms with Crippen molar-refractivity contribution in [2.24, 2.45) is 0 Å². The summed E-state index contributed by atoms with van der Waals surface area (Å²) in [6, 6.07) is 7.50. The molecule has 1 heterocycles. The minimum absolute atomic E-state index is 0.0629. The van der Waals surface area contributed by atoms with E-state index in [1.54, 1.807) is 38.1 Å². The topological polar surface area (TPSA) is 88.4 Å². The second kappa shape index (κ2) is 6.74. The van der Waals surface area contributed by atoms with Gasteiger partial charge < -0.3 is 9.67 Å². The van der Waals surface area contributed by atoms with Crippen LogP contribution in [0.2, 0.25) is 5.02 Å². The van der Waals surface area contributed by atoms with Crippen molar-refractivity contribution in [3.8, 4) is 0 Å². The van der Waals surface area contributed by atoms with Gasteiger partial charge >= 0.3 is 5.97 Å². The smallest absolute Gasteiger partial charge is 0.352 e. The number of benzene rings is 1. The molecule has 2 N–H and O–H groups in total. The van der Waals surface area contributed by atoms with Crippen molar-refractivity contribution in [1.29, 1.82) is 0 Å². The van der Waals surface area contributed by atoms with Crippen LogP contribution in [0.5, 0.6) is 0 Å². The van der Waals surface area contributed by atoms with E-state index in [-0.39, 0.29) is 10.6 Å². The van der Waals surface area contributed by atoms with Crippen molar-refractivity contribution < 1.29 is 18.3 Å². The van der Waals surface area contributed by atoms with Gasteiger partial charge in [0.1, 0.15) is 10.6 Å². The first-order valence-electron chi connectivity index (χ1n) is 6.96. The molecule has 1 aromatic heterocycles. The summed E-state index contributed by atoms with van der Waals surface area (Å²) < 4.78 is 28.8. The van der Waals surface area contributed by atoms with Crippen LogP contribution in [0.1, 0.15) is 35.9 Å². The number of carboxylic acids is 1. The lowest BCUT2D eigenvalue weighted by Crippen LogP contribution is -2.26. The Kier molecular flexibility index (Phi) is 5.13. The fraction of sp³-hybridized carbons (Fsp3) is 0.267. The zero-order valence-electron chi connectivity index (χ0n) is 12.7. The number of nitrogens with zero attached hydrogens (tertiary/aromatic N) is 1. The monoisotopic (exact) mass is 356 g/mol. The molecule has 0 spiro atoms. The number of sulfonamides is 1. The molecule has 0 aliphatic carbocycles. The minimum Gasteiger partial charge on any atom is -0.477 e. The number of aryl methyl sites for hydroxylation is 1. The van der Waals surface area contributed by atoms with Gasteiger partial charge in [-0.05, 0) is 37.6 Å². The van der Waals surface area contributed by atoms with E-state index in [1.807, 2.05) is 0 Å². The summed E-state index contributed by atoms with van der Waals surface area (Å²) in [6.45, 7) is 3.81. The van der Waals surface area contributed by atoms with Crippen molar-refractivity contribution in [1.82, 2.24) is 9.29 Å². The number of carbonyl (C=O) groups is 1. The van der Waals surface area contributed by atoms with Crippen LogP contribution in [0, 0.1) is 0 Å². The Hall–Kier alpha value is -1.83. The summed E-state index contributed by atoms with van der Waals surface area (Å²) >= 11 is 5.81. The second-order valence-electron chi connectivity index (χ2n) is 5.05. The third-order valence-corrected chi connectivity index (χ3v) is 5.20. The highest BCUT2D eigenvalue weighted by molar-refractivity contribution is 7.89. The molecule has 0 amide bonds. The third kappa shape index (κ3) is 3.93. The number of rotatable bonds is 6. The largest absolute Gasteiger partial charge is 0.477 e. The van der Waals surface area contributed by atoms with Crippen molar-refractivity contribution in [2.75, 3.05) is 0 Å². The van der Waals surface area contributed by atoms with Crippen LogP contribution in [0.4, 0.5) is 0 Å². The maximum absolute atomic E-state index is 12.4. The average Bonchev–Trinajstić information content (AvgIpc) is 2.92. The van der Waals surface area contributed by atoms with Crippen molar-refractivity contribution in [3.05, 3.63) is 52.8 Å². The van der Waals surface area contributed by atoms with E-state index in [2.05, 4.69) is 4.72 Å². The lowest BCUT2D eigenvalue weighted by molar-refractivity contribution is 0.0685. The number of hydrogen-bond acceptors (Lipinski definition) is 3. The van der Waals surface area contributed by atoms with Crippen molar-refractivity contribution in [3.63, 3.8) is 0 Å². The highest BCUT2D eigenvalue weighted by Gasteiger charge is 2.23. The Bertz CT molecular complexity index is 813.